The Morgan fingerprint density at radius 2 is 2.42 bits per heavy atom. The van der Waals surface area contributed by atoms with Gasteiger partial charge in [-0.25, -0.2) is 0 Å². The molecule has 2 aliphatic heterocycles. The van der Waals surface area contributed by atoms with E-state index < -0.39 is 0 Å². The van der Waals surface area contributed by atoms with Crippen molar-refractivity contribution in [2.75, 3.05) is 36.6 Å². The summed E-state index contributed by atoms with van der Waals surface area (Å²) < 4.78 is 11.5. The van der Waals surface area contributed by atoms with Gasteiger partial charge >= 0.3 is 0 Å². The predicted molar refractivity (Wildman–Crippen MR) is 98.0 cm³/mol. The third kappa shape index (κ3) is 5.13. The smallest absolute Gasteiger partial charge is 0.226 e. The van der Waals surface area contributed by atoms with Crippen molar-refractivity contribution in [3.63, 3.8) is 0 Å². The molecule has 2 unspecified atom stereocenters. The van der Waals surface area contributed by atoms with Crippen LogP contribution in [-0.2, 0) is 9.53 Å². The zero-order valence-corrected chi connectivity index (χ0v) is 15.0. The van der Waals surface area contributed by atoms with Crippen LogP contribution in [0, 0.1) is 6.92 Å². The number of benzene rings is 1. The molecule has 2 aliphatic rings. The van der Waals surface area contributed by atoms with Crippen molar-refractivity contribution in [1.82, 2.24) is 5.32 Å². The topological polar surface area (TPSA) is 59.6 Å². The molecule has 1 aromatic rings. The number of amides is 1. The Bertz CT molecular complexity index is 555. The Morgan fingerprint density at radius 3 is 3.17 bits per heavy atom. The molecule has 2 atom stereocenters. The number of anilines is 1. The maximum atomic E-state index is 12.3. The molecule has 2 heterocycles. The van der Waals surface area contributed by atoms with E-state index in [1.807, 2.05) is 36.9 Å². The minimum Gasteiger partial charge on any atom is -0.489 e. The number of hydrogen-bond acceptors (Lipinski definition) is 5. The zero-order valence-electron chi connectivity index (χ0n) is 14.2. The second kappa shape index (κ2) is 8.74. The summed E-state index contributed by atoms with van der Waals surface area (Å²) in [5.41, 5.74) is 1.85. The Morgan fingerprint density at radius 1 is 1.50 bits per heavy atom. The maximum absolute atomic E-state index is 12.3. The van der Waals surface area contributed by atoms with E-state index in [9.17, 15) is 4.79 Å². The molecule has 5 nitrogen and oxygen atoms in total. The van der Waals surface area contributed by atoms with Crippen molar-refractivity contribution in [3.8, 4) is 5.75 Å². The van der Waals surface area contributed by atoms with Crippen molar-refractivity contribution in [2.24, 2.45) is 0 Å². The largest absolute Gasteiger partial charge is 0.489 e. The number of nitrogens with one attached hydrogen (secondary N) is 2. The van der Waals surface area contributed by atoms with Crippen LogP contribution in [0.25, 0.3) is 0 Å². The van der Waals surface area contributed by atoms with Crippen LogP contribution >= 0.6 is 11.8 Å². The average Bonchev–Trinajstić information content (AvgIpc) is 3.09. The van der Waals surface area contributed by atoms with Gasteiger partial charge in [0.15, 0.2) is 0 Å². The number of thioether (sulfide) groups is 1. The third-order valence-electron chi connectivity index (χ3n) is 4.29. The van der Waals surface area contributed by atoms with Gasteiger partial charge in [0.25, 0.3) is 0 Å². The van der Waals surface area contributed by atoms with E-state index in [4.69, 9.17) is 9.47 Å². The van der Waals surface area contributed by atoms with Crippen molar-refractivity contribution in [2.45, 2.75) is 38.3 Å². The highest BCUT2D eigenvalue weighted by atomic mass is 32.2. The van der Waals surface area contributed by atoms with E-state index in [0.29, 0.717) is 13.0 Å². The number of ether oxygens (including phenoxy) is 2. The fourth-order valence-electron chi connectivity index (χ4n) is 2.99. The summed E-state index contributed by atoms with van der Waals surface area (Å²) >= 11 is 1.90. The summed E-state index contributed by atoms with van der Waals surface area (Å²) in [7, 11) is 0. The fourth-order valence-corrected chi connectivity index (χ4v) is 3.94. The molecule has 1 aromatic carbocycles. The summed E-state index contributed by atoms with van der Waals surface area (Å²) in [6.07, 6.45) is 2.79. The van der Waals surface area contributed by atoms with Crippen LogP contribution in [0.1, 0.15) is 24.8 Å². The van der Waals surface area contributed by atoms with Crippen molar-refractivity contribution < 1.29 is 14.3 Å². The standard InChI is InChI=1S/C18H26N2O3S/c1-13-4-5-16(17(9-13)23-11-15-3-2-7-22-15)20-18(21)10-14-12-24-8-6-19-14/h4-5,9,14-15,19H,2-3,6-8,10-12H2,1H3,(H,20,21). The highest BCUT2D eigenvalue weighted by Crippen LogP contribution is 2.27. The third-order valence-corrected chi connectivity index (χ3v) is 5.42. The van der Waals surface area contributed by atoms with Crippen LogP contribution in [-0.4, -0.2) is 49.3 Å². The molecule has 0 spiro atoms. The number of hydrogen-bond donors (Lipinski definition) is 2. The lowest BCUT2D eigenvalue weighted by Gasteiger charge is -2.23. The molecule has 2 N–H and O–H groups in total. The first-order valence-electron chi connectivity index (χ1n) is 8.67. The first kappa shape index (κ1) is 17.6. The number of aryl methyl sites for hydroxylation is 1. The van der Waals surface area contributed by atoms with Crippen LogP contribution < -0.4 is 15.4 Å². The minimum atomic E-state index is 0.0285. The van der Waals surface area contributed by atoms with Crippen LogP contribution in [0.5, 0.6) is 5.75 Å². The molecule has 0 aliphatic carbocycles. The summed E-state index contributed by atoms with van der Waals surface area (Å²) in [5, 5.41) is 6.40. The normalized spacial score (nSPS) is 23.9. The fraction of sp³-hybridized carbons (Fsp3) is 0.611. The lowest BCUT2D eigenvalue weighted by atomic mass is 10.2. The van der Waals surface area contributed by atoms with E-state index >= 15 is 0 Å². The molecule has 0 bridgehead atoms. The monoisotopic (exact) mass is 350 g/mol. The molecular weight excluding hydrogens is 324 g/mol. The van der Waals surface area contributed by atoms with Gasteiger partial charge in [0.05, 0.1) is 11.8 Å². The van der Waals surface area contributed by atoms with E-state index in [2.05, 4.69) is 10.6 Å². The van der Waals surface area contributed by atoms with E-state index in [0.717, 1.165) is 54.5 Å². The van der Waals surface area contributed by atoms with Gasteiger partial charge in [-0.1, -0.05) is 6.07 Å². The summed E-state index contributed by atoms with van der Waals surface area (Å²) in [4.78, 5) is 12.3. The lowest BCUT2D eigenvalue weighted by molar-refractivity contribution is -0.116. The van der Waals surface area contributed by atoms with E-state index in [-0.39, 0.29) is 18.1 Å². The molecule has 2 saturated heterocycles. The molecule has 6 heteroatoms. The molecule has 1 amide bonds. The Balaban J connectivity index is 1.57. The van der Waals surface area contributed by atoms with Gasteiger partial charge in [-0.3, -0.25) is 4.79 Å². The number of carbonyl (C=O) groups excluding carboxylic acids is 1. The van der Waals surface area contributed by atoms with Crippen LogP contribution in [0.3, 0.4) is 0 Å². The Hall–Kier alpha value is -1.24. The highest BCUT2D eigenvalue weighted by molar-refractivity contribution is 7.99. The quantitative estimate of drug-likeness (QED) is 0.826. The molecule has 2 fully saturated rings. The van der Waals surface area contributed by atoms with Gasteiger partial charge in [0, 0.05) is 37.1 Å². The van der Waals surface area contributed by atoms with Crippen molar-refractivity contribution in [1.29, 1.82) is 0 Å². The van der Waals surface area contributed by atoms with E-state index in [1.165, 1.54) is 0 Å². The van der Waals surface area contributed by atoms with Crippen molar-refractivity contribution >= 4 is 23.4 Å². The molecule has 24 heavy (non-hydrogen) atoms. The molecule has 3 rings (SSSR count). The lowest BCUT2D eigenvalue weighted by Crippen LogP contribution is -2.39. The summed E-state index contributed by atoms with van der Waals surface area (Å²) in [5.74, 6) is 2.87. The first-order valence-corrected chi connectivity index (χ1v) is 9.82. The van der Waals surface area contributed by atoms with E-state index in [1.54, 1.807) is 0 Å². The van der Waals surface area contributed by atoms with Gasteiger partial charge in [0.2, 0.25) is 5.91 Å². The molecular formula is C18H26N2O3S. The van der Waals surface area contributed by atoms with Crippen LogP contribution in [0.2, 0.25) is 0 Å². The van der Waals surface area contributed by atoms with Crippen LogP contribution in [0.4, 0.5) is 5.69 Å². The van der Waals surface area contributed by atoms with Crippen LogP contribution in [0.15, 0.2) is 18.2 Å². The predicted octanol–water partition coefficient (Wildman–Crippen LogP) is 2.59. The molecule has 132 valence electrons. The second-order valence-corrected chi connectivity index (χ2v) is 7.57. The van der Waals surface area contributed by atoms with Gasteiger partial charge in [-0.05, 0) is 37.5 Å². The minimum absolute atomic E-state index is 0.0285. The van der Waals surface area contributed by atoms with Gasteiger partial charge in [-0.2, -0.15) is 11.8 Å². The molecule has 0 radical (unpaired) electrons. The second-order valence-electron chi connectivity index (χ2n) is 6.42. The SMILES string of the molecule is Cc1ccc(NC(=O)CC2CSCCN2)c(OCC2CCCO2)c1. The zero-order chi connectivity index (χ0) is 16.8. The first-order chi connectivity index (χ1) is 11.7. The van der Waals surface area contributed by atoms with Crippen molar-refractivity contribution in [3.05, 3.63) is 23.8 Å². The maximum Gasteiger partial charge on any atom is 0.226 e. The van der Waals surface area contributed by atoms with Gasteiger partial charge < -0.3 is 20.1 Å². The molecule has 0 saturated carbocycles. The van der Waals surface area contributed by atoms with Gasteiger partial charge in [0.1, 0.15) is 12.4 Å². The van der Waals surface area contributed by atoms with Gasteiger partial charge in [-0.15, -0.1) is 0 Å². The summed E-state index contributed by atoms with van der Waals surface area (Å²) in [6, 6.07) is 6.13. The Labute approximate surface area is 147 Å². The Kier molecular flexibility index (Phi) is 6.40. The molecule has 0 aromatic heterocycles. The summed E-state index contributed by atoms with van der Waals surface area (Å²) in [6.45, 7) is 4.35. The number of rotatable bonds is 6. The average molecular weight is 350 g/mol. The number of carbonyl (C=O) groups is 1. The highest BCUT2D eigenvalue weighted by Gasteiger charge is 2.19.